The maximum absolute atomic E-state index is 13.3. The summed E-state index contributed by atoms with van der Waals surface area (Å²) in [5.41, 5.74) is 5.92. The Bertz CT molecular complexity index is 1620. The van der Waals surface area contributed by atoms with Crippen molar-refractivity contribution in [1.82, 2.24) is 4.90 Å². The number of nitrogens with one attached hydrogen (secondary N) is 2. The second-order valence-corrected chi connectivity index (χ2v) is 11.7. The fourth-order valence-corrected chi connectivity index (χ4v) is 5.66. The molecule has 200 valence electrons. The Labute approximate surface area is 228 Å². The van der Waals surface area contributed by atoms with E-state index >= 15 is 0 Å². The van der Waals surface area contributed by atoms with Gasteiger partial charge in [-0.05, 0) is 79.8 Å². The minimum absolute atomic E-state index is 0.275. The second-order valence-electron chi connectivity index (χ2n) is 9.81. The van der Waals surface area contributed by atoms with Gasteiger partial charge in [0.25, 0.3) is 5.91 Å². The lowest BCUT2D eigenvalue weighted by atomic mass is 9.97. The molecule has 0 aliphatic carbocycles. The van der Waals surface area contributed by atoms with Crippen LogP contribution in [-0.2, 0) is 21.2 Å². The summed E-state index contributed by atoms with van der Waals surface area (Å²) in [6.07, 6.45) is 1.98. The first kappa shape index (κ1) is 26.3. The quantitative estimate of drug-likeness (QED) is 0.416. The molecule has 2 aliphatic heterocycles. The molecule has 0 radical (unpaired) electrons. The van der Waals surface area contributed by atoms with Gasteiger partial charge in [0.05, 0.1) is 47.1 Å². The molecule has 9 nitrogen and oxygen atoms in total. The summed E-state index contributed by atoms with van der Waals surface area (Å²) in [5, 5.41) is 15.6. The number of fused-ring (bicyclic) bond motifs is 2. The summed E-state index contributed by atoms with van der Waals surface area (Å²) in [6, 6.07) is 20.2. The molecule has 0 fully saturated rings. The molecule has 39 heavy (non-hydrogen) atoms. The molecule has 1 amide bonds. The van der Waals surface area contributed by atoms with Gasteiger partial charge in [0.15, 0.2) is 0 Å². The van der Waals surface area contributed by atoms with Crippen molar-refractivity contribution in [3.63, 3.8) is 0 Å². The molecule has 0 saturated carbocycles. The zero-order valence-electron chi connectivity index (χ0n) is 22.0. The highest BCUT2D eigenvalue weighted by Gasteiger charge is 2.29. The minimum Gasteiger partial charge on any atom is -0.493 e. The molecule has 0 bridgehead atoms. The largest absolute Gasteiger partial charge is 0.493 e. The Morgan fingerprint density at radius 1 is 1.08 bits per heavy atom. The monoisotopic (exact) mass is 543 g/mol. The van der Waals surface area contributed by atoms with E-state index in [2.05, 4.69) is 16.7 Å². The van der Waals surface area contributed by atoms with E-state index in [-0.39, 0.29) is 5.91 Å². The van der Waals surface area contributed by atoms with Crippen molar-refractivity contribution in [2.45, 2.75) is 6.42 Å². The van der Waals surface area contributed by atoms with Crippen LogP contribution in [0.1, 0.15) is 22.3 Å². The first-order valence-corrected chi connectivity index (χ1v) is 14.3. The van der Waals surface area contributed by atoms with Gasteiger partial charge in [0.1, 0.15) is 5.75 Å². The molecule has 2 N–H and O–H groups in total. The molecule has 2 heterocycles. The van der Waals surface area contributed by atoms with Crippen molar-refractivity contribution >= 4 is 44.3 Å². The highest BCUT2D eigenvalue weighted by Crippen LogP contribution is 2.39. The van der Waals surface area contributed by atoms with E-state index in [1.165, 1.54) is 10.6 Å². The van der Waals surface area contributed by atoms with Crippen LogP contribution in [0, 0.1) is 11.3 Å². The van der Waals surface area contributed by atoms with Gasteiger partial charge in [-0.25, -0.2) is 8.42 Å². The number of ether oxygens (including phenoxy) is 1. The number of sulfonamides is 1. The van der Waals surface area contributed by atoms with Crippen LogP contribution in [0.3, 0.4) is 0 Å². The number of rotatable bonds is 8. The van der Waals surface area contributed by atoms with E-state index in [0.717, 1.165) is 23.3 Å². The molecule has 3 aromatic carbocycles. The van der Waals surface area contributed by atoms with Crippen LogP contribution < -0.4 is 19.7 Å². The number of benzene rings is 3. The molecular weight excluding hydrogens is 514 g/mol. The third-order valence-corrected chi connectivity index (χ3v) is 7.89. The number of amides is 1. The number of carbonyl (C=O) groups is 1. The first-order chi connectivity index (χ1) is 18.6. The smallest absolute Gasteiger partial charge is 0.258 e. The van der Waals surface area contributed by atoms with Crippen molar-refractivity contribution in [2.24, 2.45) is 0 Å². The zero-order chi connectivity index (χ0) is 27.7. The maximum Gasteiger partial charge on any atom is 0.258 e. The summed E-state index contributed by atoms with van der Waals surface area (Å²) in [7, 11) is 0.321. The number of likely N-dealkylation sites (N-methyl/N-ethyl adjacent to an activating group) is 1. The summed E-state index contributed by atoms with van der Waals surface area (Å²) in [4.78, 5) is 15.2. The Hall–Kier alpha value is -4.33. The molecule has 3 aromatic rings. The van der Waals surface area contributed by atoms with Crippen LogP contribution in [0.2, 0.25) is 0 Å². The van der Waals surface area contributed by atoms with Gasteiger partial charge in [0, 0.05) is 30.8 Å². The third-order valence-electron chi connectivity index (χ3n) is 6.70. The Balaban J connectivity index is 1.56. The number of anilines is 3. The number of hydrogen-bond acceptors (Lipinski definition) is 7. The fourth-order valence-electron chi connectivity index (χ4n) is 4.74. The minimum atomic E-state index is -3.47. The number of nitrogens with zero attached hydrogens (tertiary/aromatic N) is 3. The summed E-state index contributed by atoms with van der Waals surface area (Å²) >= 11 is 0. The van der Waals surface area contributed by atoms with E-state index < -0.39 is 10.0 Å². The predicted molar refractivity (Wildman–Crippen MR) is 153 cm³/mol. The Kier molecular flexibility index (Phi) is 7.04. The fraction of sp³-hybridized carbons (Fsp3) is 0.241. The van der Waals surface area contributed by atoms with Gasteiger partial charge >= 0.3 is 0 Å². The van der Waals surface area contributed by atoms with Crippen molar-refractivity contribution in [3.05, 3.63) is 82.9 Å². The van der Waals surface area contributed by atoms with E-state index in [0.29, 0.717) is 59.2 Å². The predicted octanol–water partition coefficient (Wildman–Crippen LogP) is 3.75. The molecule has 0 saturated heterocycles. The van der Waals surface area contributed by atoms with Crippen LogP contribution >= 0.6 is 0 Å². The van der Waals surface area contributed by atoms with Gasteiger partial charge in [-0.1, -0.05) is 6.07 Å². The van der Waals surface area contributed by atoms with Crippen LogP contribution in [0.5, 0.6) is 5.75 Å². The molecule has 0 aromatic heterocycles. The summed E-state index contributed by atoms with van der Waals surface area (Å²) in [6.45, 7) is 1.52. The molecule has 0 unspecified atom stereocenters. The van der Waals surface area contributed by atoms with Gasteiger partial charge < -0.3 is 20.3 Å². The van der Waals surface area contributed by atoms with Gasteiger partial charge in [-0.2, -0.15) is 5.26 Å². The van der Waals surface area contributed by atoms with Gasteiger partial charge in [-0.3, -0.25) is 9.10 Å². The standard InChI is InChI=1S/C29H29N5O4S/c1-33(2)13-14-34(39(3,36)37)23-8-6-22(7-9-23)31-28(21-5-11-26-20(17-21)12-15-38-26)27-24-10-4-19(18-30)16-25(24)32-29(27)35/h4-11,16-17,31H,12-15H2,1-3H3,(H,32,35). The molecular formula is C29H29N5O4S. The SMILES string of the molecule is CN(C)CCN(c1ccc(NC(=C2C(=O)Nc3cc(C#N)ccc32)c2ccc3c(c2)CCO3)cc1)S(C)(=O)=O. The van der Waals surface area contributed by atoms with Gasteiger partial charge in [0.2, 0.25) is 10.0 Å². The van der Waals surface area contributed by atoms with Crippen LogP contribution in [-0.4, -0.2) is 59.3 Å². The van der Waals surface area contributed by atoms with Crippen molar-refractivity contribution in [1.29, 1.82) is 5.26 Å². The van der Waals surface area contributed by atoms with Crippen molar-refractivity contribution in [2.75, 3.05) is 55.0 Å². The summed E-state index contributed by atoms with van der Waals surface area (Å²) < 4.78 is 32.0. The van der Waals surface area contributed by atoms with E-state index in [1.807, 2.05) is 37.2 Å². The number of hydrogen-bond donors (Lipinski definition) is 2. The first-order valence-electron chi connectivity index (χ1n) is 12.5. The summed E-state index contributed by atoms with van der Waals surface area (Å²) in [5.74, 6) is 0.559. The number of nitriles is 1. The maximum atomic E-state index is 13.3. The van der Waals surface area contributed by atoms with Crippen LogP contribution in [0.15, 0.2) is 60.7 Å². The molecule has 10 heteroatoms. The van der Waals surface area contributed by atoms with E-state index in [1.54, 1.807) is 42.5 Å². The Morgan fingerprint density at radius 3 is 2.54 bits per heavy atom. The average molecular weight is 544 g/mol. The normalized spacial score (nSPS) is 15.2. The van der Waals surface area contributed by atoms with Crippen molar-refractivity contribution < 1.29 is 17.9 Å². The highest BCUT2D eigenvalue weighted by molar-refractivity contribution is 7.92. The van der Waals surface area contributed by atoms with Crippen LogP contribution in [0.25, 0.3) is 11.3 Å². The van der Waals surface area contributed by atoms with Crippen LogP contribution in [0.4, 0.5) is 17.1 Å². The number of carbonyl (C=O) groups excluding carboxylic acids is 1. The third kappa shape index (κ3) is 5.46. The van der Waals surface area contributed by atoms with E-state index in [9.17, 15) is 18.5 Å². The second kappa shape index (κ2) is 10.4. The Morgan fingerprint density at radius 2 is 1.85 bits per heavy atom. The zero-order valence-corrected chi connectivity index (χ0v) is 22.8. The highest BCUT2D eigenvalue weighted by atomic mass is 32.2. The molecule has 2 aliphatic rings. The topological polar surface area (TPSA) is 115 Å². The van der Waals surface area contributed by atoms with E-state index in [4.69, 9.17) is 4.74 Å². The lowest BCUT2D eigenvalue weighted by Gasteiger charge is -2.24. The average Bonchev–Trinajstić information content (AvgIpc) is 3.49. The molecule has 0 atom stereocenters. The lowest BCUT2D eigenvalue weighted by molar-refractivity contribution is -0.110. The van der Waals surface area contributed by atoms with Gasteiger partial charge in [-0.15, -0.1) is 0 Å². The molecule has 0 spiro atoms. The van der Waals surface area contributed by atoms with Crippen molar-refractivity contribution in [3.8, 4) is 11.8 Å². The lowest BCUT2D eigenvalue weighted by Crippen LogP contribution is -2.35. The molecule has 5 rings (SSSR count).